The molecule has 24 heavy (non-hydrogen) atoms. The fraction of sp³-hybridized carbons (Fsp3) is 0.353. The first-order valence-electron chi connectivity index (χ1n) is 7.64. The molecular weight excluding hydrogens is 321 g/mol. The molecule has 4 nitrogen and oxygen atoms in total. The first-order chi connectivity index (χ1) is 11.5. The van der Waals surface area contributed by atoms with Crippen molar-refractivity contribution < 1.29 is 22.6 Å². The molecule has 1 fully saturated rings. The Morgan fingerprint density at radius 1 is 1.33 bits per heavy atom. The molecule has 0 N–H and O–H groups in total. The molecule has 128 valence electrons. The van der Waals surface area contributed by atoms with Crippen LogP contribution >= 0.6 is 0 Å². The highest BCUT2D eigenvalue weighted by molar-refractivity contribution is 5.72. The molecule has 1 aromatic heterocycles. The largest absolute Gasteiger partial charge is 0.573 e. The van der Waals surface area contributed by atoms with Gasteiger partial charge in [0.25, 0.3) is 0 Å². The maximum absolute atomic E-state index is 12.6. The molecule has 2 aromatic rings. The van der Waals surface area contributed by atoms with E-state index >= 15 is 0 Å². The second-order valence-corrected chi connectivity index (χ2v) is 5.54. The molecule has 0 amide bonds. The first kappa shape index (κ1) is 16.6. The van der Waals surface area contributed by atoms with E-state index in [1.54, 1.807) is 23.0 Å². The van der Waals surface area contributed by atoms with Crippen LogP contribution in [-0.2, 0) is 4.74 Å². The summed E-state index contributed by atoms with van der Waals surface area (Å²) in [4.78, 5) is 0. The number of halogens is 3. The minimum absolute atomic E-state index is 0.179. The maximum Gasteiger partial charge on any atom is 0.573 e. The van der Waals surface area contributed by atoms with E-state index in [0.717, 1.165) is 19.3 Å². The summed E-state index contributed by atoms with van der Waals surface area (Å²) in [5, 5.41) is 4.24. The molecule has 0 bridgehead atoms. The van der Waals surface area contributed by atoms with Crippen molar-refractivity contribution in [3.05, 3.63) is 42.7 Å². The standard InChI is InChI=1S/C17H17F3N2O2/c1-2-12-6-7-15(24-17(18,19)20)14(9-12)13-10-21-22(11-13)16-5-3-4-8-23-16/h2,6-7,9-11,16H,1,3-5,8H2. The number of hydrogen-bond donors (Lipinski definition) is 0. The second kappa shape index (κ2) is 6.68. The lowest BCUT2D eigenvalue weighted by Crippen LogP contribution is -2.18. The minimum atomic E-state index is -4.76. The summed E-state index contributed by atoms with van der Waals surface area (Å²) in [6.45, 7) is 4.31. The summed E-state index contributed by atoms with van der Waals surface area (Å²) in [6, 6.07) is 4.40. The summed E-state index contributed by atoms with van der Waals surface area (Å²) in [5.41, 5.74) is 1.54. The Morgan fingerprint density at radius 2 is 2.17 bits per heavy atom. The number of alkyl halides is 3. The third-order valence-corrected chi connectivity index (χ3v) is 3.83. The summed E-state index contributed by atoms with van der Waals surface area (Å²) in [6.07, 6.45) is 2.71. The zero-order valence-electron chi connectivity index (χ0n) is 12.9. The van der Waals surface area contributed by atoms with Crippen LogP contribution in [0.25, 0.3) is 17.2 Å². The van der Waals surface area contributed by atoms with Crippen LogP contribution in [0.4, 0.5) is 13.2 Å². The van der Waals surface area contributed by atoms with Crippen LogP contribution in [0.1, 0.15) is 31.1 Å². The molecule has 1 aliphatic heterocycles. The Kier molecular flexibility index (Phi) is 4.62. The van der Waals surface area contributed by atoms with E-state index in [1.807, 2.05) is 0 Å². The monoisotopic (exact) mass is 338 g/mol. The van der Waals surface area contributed by atoms with Crippen molar-refractivity contribution in [2.75, 3.05) is 6.61 Å². The van der Waals surface area contributed by atoms with Crippen molar-refractivity contribution in [3.8, 4) is 16.9 Å². The predicted octanol–water partition coefficient (Wildman–Crippen LogP) is 4.79. The number of ether oxygens (including phenoxy) is 2. The first-order valence-corrected chi connectivity index (χ1v) is 7.64. The predicted molar refractivity (Wildman–Crippen MR) is 83.3 cm³/mol. The van der Waals surface area contributed by atoms with Gasteiger partial charge in [-0.1, -0.05) is 18.7 Å². The maximum atomic E-state index is 12.6. The van der Waals surface area contributed by atoms with Gasteiger partial charge in [0.05, 0.1) is 6.20 Å². The lowest BCUT2D eigenvalue weighted by molar-refractivity contribution is -0.274. The van der Waals surface area contributed by atoms with Crippen molar-refractivity contribution >= 4 is 6.08 Å². The fourth-order valence-electron chi connectivity index (χ4n) is 2.68. The van der Waals surface area contributed by atoms with Crippen LogP contribution in [0.3, 0.4) is 0 Å². The van der Waals surface area contributed by atoms with E-state index in [2.05, 4.69) is 16.4 Å². The molecule has 0 saturated carbocycles. The molecule has 1 aromatic carbocycles. The molecule has 2 heterocycles. The summed E-state index contributed by atoms with van der Waals surface area (Å²) in [7, 11) is 0. The van der Waals surface area contributed by atoms with Gasteiger partial charge in [-0.05, 0) is 37.0 Å². The van der Waals surface area contributed by atoms with E-state index in [1.165, 1.54) is 18.3 Å². The van der Waals surface area contributed by atoms with Gasteiger partial charge in [0.1, 0.15) is 12.0 Å². The molecule has 7 heteroatoms. The molecule has 1 atom stereocenters. The van der Waals surface area contributed by atoms with Crippen LogP contribution in [0, 0.1) is 0 Å². The average Bonchev–Trinajstić information content (AvgIpc) is 3.04. The third kappa shape index (κ3) is 3.79. The Morgan fingerprint density at radius 3 is 2.83 bits per heavy atom. The Hall–Kier alpha value is -2.28. The second-order valence-electron chi connectivity index (χ2n) is 5.54. The molecular formula is C17H17F3N2O2. The van der Waals surface area contributed by atoms with Gasteiger partial charge in [0, 0.05) is 23.9 Å². The normalized spacial score (nSPS) is 18.4. The van der Waals surface area contributed by atoms with E-state index in [0.29, 0.717) is 23.3 Å². The van der Waals surface area contributed by atoms with Crippen LogP contribution < -0.4 is 4.74 Å². The van der Waals surface area contributed by atoms with Crippen molar-refractivity contribution in [2.24, 2.45) is 0 Å². The number of nitrogens with zero attached hydrogens (tertiary/aromatic N) is 2. The van der Waals surface area contributed by atoms with Crippen molar-refractivity contribution in [3.63, 3.8) is 0 Å². The number of aromatic nitrogens is 2. The number of benzene rings is 1. The van der Waals surface area contributed by atoms with E-state index in [-0.39, 0.29) is 12.0 Å². The highest BCUT2D eigenvalue weighted by atomic mass is 19.4. The van der Waals surface area contributed by atoms with Gasteiger partial charge in [-0.2, -0.15) is 5.10 Å². The Bertz CT molecular complexity index is 719. The SMILES string of the molecule is C=Cc1ccc(OC(F)(F)F)c(-c2cnn(C3CCCCO3)c2)c1. The highest BCUT2D eigenvalue weighted by Crippen LogP contribution is 2.35. The summed E-state index contributed by atoms with van der Waals surface area (Å²) in [5.74, 6) is -0.266. The average molecular weight is 338 g/mol. The summed E-state index contributed by atoms with van der Waals surface area (Å²) < 4.78 is 49.3. The van der Waals surface area contributed by atoms with Gasteiger partial charge >= 0.3 is 6.36 Å². The lowest BCUT2D eigenvalue weighted by atomic mass is 10.0. The third-order valence-electron chi connectivity index (χ3n) is 3.83. The van der Waals surface area contributed by atoms with Gasteiger partial charge < -0.3 is 9.47 Å². The van der Waals surface area contributed by atoms with Crippen LogP contribution in [0.5, 0.6) is 5.75 Å². The molecule has 0 spiro atoms. The topological polar surface area (TPSA) is 36.3 Å². The zero-order valence-corrected chi connectivity index (χ0v) is 12.9. The van der Waals surface area contributed by atoms with Gasteiger partial charge in [-0.25, -0.2) is 4.68 Å². The fourth-order valence-corrected chi connectivity index (χ4v) is 2.68. The molecule has 0 aliphatic carbocycles. The van der Waals surface area contributed by atoms with Crippen molar-refractivity contribution in [1.29, 1.82) is 0 Å². The van der Waals surface area contributed by atoms with E-state index < -0.39 is 6.36 Å². The summed E-state index contributed by atoms with van der Waals surface area (Å²) >= 11 is 0. The Labute approximate surface area is 137 Å². The molecule has 1 aliphatic rings. The van der Waals surface area contributed by atoms with E-state index in [9.17, 15) is 13.2 Å². The van der Waals surface area contributed by atoms with Gasteiger partial charge in [0.2, 0.25) is 0 Å². The minimum Gasteiger partial charge on any atom is -0.405 e. The van der Waals surface area contributed by atoms with Crippen LogP contribution in [0.2, 0.25) is 0 Å². The van der Waals surface area contributed by atoms with Crippen LogP contribution in [0.15, 0.2) is 37.2 Å². The molecule has 3 rings (SSSR count). The zero-order chi connectivity index (χ0) is 17.2. The highest BCUT2D eigenvalue weighted by Gasteiger charge is 2.32. The Balaban J connectivity index is 1.95. The van der Waals surface area contributed by atoms with Gasteiger partial charge in [0.15, 0.2) is 0 Å². The van der Waals surface area contributed by atoms with Crippen LogP contribution in [-0.4, -0.2) is 22.7 Å². The lowest BCUT2D eigenvalue weighted by Gasteiger charge is -2.22. The van der Waals surface area contributed by atoms with Crippen molar-refractivity contribution in [2.45, 2.75) is 31.9 Å². The number of hydrogen-bond acceptors (Lipinski definition) is 3. The van der Waals surface area contributed by atoms with E-state index in [4.69, 9.17) is 4.74 Å². The smallest absolute Gasteiger partial charge is 0.405 e. The molecule has 1 saturated heterocycles. The number of rotatable bonds is 4. The van der Waals surface area contributed by atoms with Crippen molar-refractivity contribution in [1.82, 2.24) is 9.78 Å². The molecule has 1 unspecified atom stereocenters. The quantitative estimate of drug-likeness (QED) is 0.804. The molecule has 0 radical (unpaired) electrons. The van der Waals surface area contributed by atoms with Gasteiger partial charge in [-0.15, -0.1) is 13.2 Å². The van der Waals surface area contributed by atoms with Gasteiger partial charge in [-0.3, -0.25) is 0 Å².